The molecule has 2 aliphatic heterocycles. The number of hydrogen-bond acceptors (Lipinski definition) is 7. The third-order valence-electron chi connectivity index (χ3n) is 7.53. The molecule has 8 nitrogen and oxygen atoms in total. The van der Waals surface area contributed by atoms with Crippen LogP contribution in [0.25, 0.3) is 0 Å². The maximum absolute atomic E-state index is 12.3. The summed E-state index contributed by atoms with van der Waals surface area (Å²) < 4.78 is 11.8. The average molecular weight is 565 g/mol. The summed E-state index contributed by atoms with van der Waals surface area (Å²) in [7, 11) is 1.62. The lowest BCUT2D eigenvalue weighted by Crippen LogP contribution is -2.60. The number of allylic oxidation sites excluding steroid dienone is 3. The first kappa shape index (κ1) is 28.2. The number of aliphatic imine (C=N–C) groups is 1. The van der Waals surface area contributed by atoms with Gasteiger partial charge in [0.1, 0.15) is 17.3 Å². The van der Waals surface area contributed by atoms with Gasteiger partial charge in [0.2, 0.25) is 5.91 Å². The molecule has 0 saturated carbocycles. The quantitative estimate of drug-likeness (QED) is 0.495. The molecule has 2 aromatic rings. The molecule has 4 atom stereocenters. The number of carbonyl (C=O) groups is 1. The van der Waals surface area contributed by atoms with E-state index in [0.29, 0.717) is 41.9 Å². The summed E-state index contributed by atoms with van der Waals surface area (Å²) in [4.78, 5) is 21.4. The van der Waals surface area contributed by atoms with Gasteiger partial charge in [-0.05, 0) is 51.0 Å². The third-order valence-corrected chi connectivity index (χ3v) is 7.81. The summed E-state index contributed by atoms with van der Waals surface area (Å²) in [5, 5.41) is 15.6. The number of hydrogen-bond donors (Lipinski definition) is 2. The number of amidine groups is 1. The molecule has 5 rings (SSSR count). The first-order valence-electron chi connectivity index (χ1n) is 13.8. The van der Waals surface area contributed by atoms with Crippen molar-refractivity contribution < 1.29 is 19.4 Å². The second kappa shape index (κ2) is 12.0. The number of amides is 1. The first-order valence-corrected chi connectivity index (χ1v) is 14.1. The Kier molecular flexibility index (Phi) is 8.49. The number of rotatable bonds is 8. The van der Waals surface area contributed by atoms with Crippen molar-refractivity contribution in [1.82, 2.24) is 15.1 Å². The Bertz CT molecular complexity index is 1320. The molecule has 9 heteroatoms. The molecule has 4 unspecified atom stereocenters. The fourth-order valence-corrected chi connectivity index (χ4v) is 5.74. The summed E-state index contributed by atoms with van der Waals surface area (Å²) in [5.74, 6) is 1.79. The average Bonchev–Trinajstić information content (AvgIpc) is 3.33. The summed E-state index contributed by atoms with van der Waals surface area (Å²) >= 11 is 6.32. The van der Waals surface area contributed by atoms with E-state index in [9.17, 15) is 9.90 Å². The van der Waals surface area contributed by atoms with Gasteiger partial charge in [-0.1, -0.05) is 53.6 Å². The van der Waals surface area contributed by atoms with Crippen molar-refractivity contribution in [1.29, 1.82) is 0 Å². The smallest absolute Gasteiger partial charge is 0.234 e. The van der Waals surface area contributed by atoms with Gasteiger partial charge in [0.05, 0.1) is 37.4 Å². The molecule has 3 aliphatic rings. The molecule has 2 aromatic carbocycles. The highest BCUT2D eigenvalue weighted by molar-refractivity contribution is 6.31. The lowest BCUT2D eigenvalue weighted by Gasteiger charge is -2.43. The molecule has 0 bridgehead atoms. The Hall–Kier alpha value is -3.33. The van der Waals surface area contributed by atoms with Crippen LogP contribution in [0.2, 0.25) is 0 Å². The van der Waals surface area contributed by atoms with E-state index in [1.807, 2.05) is 49.1 Å². The van der Waals surface area contributed by atoms with E-state index < -0.39 is 6.35 Å². The second-order valence-corrected chi connectivity index (χ2v) is 11.2. The molecule has 1 aliphatic carbocycles. The molecule has 1 saturated heterocycles. The van der Waals surface area contributed by atoms with Crippen LogP contribution in [0.3, 0.4) is 0 Å². The van der Waals surface area contributed by atoms with Crippen LogP contribution in [0.15, 0.2) is 70.7 Å². The number of nitrogens with one attached hydrogen (secondary N) is 1. The van der Waals surface area contributed by atoms with Gasteiger partial charge in [-0.25, -0.2) is 4.90 Å². The minimum atomic E-state index is -1.09. The molecular weight excluding hydrogens is 528 g/mol. The van der Waals surface area contributed by atoms with Gasteiger partial charge in [-0.3, -0.25) is 9.79 Å². The van der Waals surface area contributed by atoms with Crippen LogP contribution in [0.5, 0.6) is 11.5 Å². The van der Waals surface area contributed by atoms with E-state index in [2.05, 4.69) is 42.6 Å². The van der Waals surface area contributed by atoms with E-state index in [-0.39, 0.29) is 36.6 Å². The topological polar surface area (TPSA) is 86.6 Å². The minimum absolute atomic E-state index is 0.0102. The Morgan fingerprint density at radius 2 is 1.95 bits per heavy atom. The van der Waals surface area contributed by atoms with Crippen LogP contribution in [0.4, 0.5) is 0 Å². The first-order chi connectivity index (χ1) is 19.2. The van der Waals surface area contributed by atoms with Crippen molar-refractivity contribution in [2.45, 2.75) is 51.7 Å². The van der Waals surface area contributed by atoms with Crippen molar-refractivity contribution in [3.05, 3.63) is 82.4 Å². The lowest BCUT2D eigenvalue weighted by atomic mass is 9.84. The zero-order valence-corrected chi connectivity index (χ0v) is 24.1. The van der Waals surface area contributed by atoms with E-state index in [0.717, 1.165) is 16.7 Å². The molecule has 2 heterocycles. The number of piperazine rings is 1. The lowest BCUT2D eigenvalue weighted by molar-refractivity contribution is -0.138. The van der Waals surface area contributed by atoms with Gasteiger partial charge in [0, 0.05) is 30.1 Å². The van der Waals surface area contributed by atoms with Gasteiger partial charge in [-0.15, -0.1) is 0 Å². The predicted molar refractivity (Wildman–Crippen MR) is 157 cm³/mol. The van der Waals surface area contributed by atoms with Gasteiger partial charge in [0.15, 0.2) is 6.35 Å². The summed E-state index contributed by atoms with van der Waals surface area (Å²) in [6.45, 7) is 7.08. The zero-order valence-electron chi connectivity index (χ0n) is 23.4. The maximum atomic E-state index is 12.3. The largest absolute Gasteiger partial charge is 0.497 e. The molecule has 40 heavy (non-hydrogen) atoms. The fourth-order valence-electron chi connectivity index (χ4n) is 5.58. The van der Waals surface area contributed by atoms with Crippen molar-refractivity contribution in [3.8, 4) is 11.5 Å². The molecule has 2 N–H and O–H groups in total. The molecule has 0 aromatic heterocycles. The summed E-state index contributed by atoms with van der Waals surface area (Å²) in [5.41, 5.74) is 2.96. The van der Waals surface area contributed by atoms with Crippen LogP contribution in [-0.2, 0) is 4.79 Å². The van der Waals surface area contributed by atoms with Gasteiger partial charge in [0.25, 0.3) is 0 Å². The molecular formula is C31H37ClN4O4. The van der Waals surface area contributed by atoms with E-state index in [1.54, 1.807) is 12.0 Å². The minimum Gasteiger partial charge on any atom is -0.497 e. The highest BCUT2D eigenvalue weighted by Gasteiger charge is 2.47. The second-order valence-electron chi connectivity index (χ2n) is 10.7. The van der Waals surface area contributed by atoms with Crippen LogP contribution >= 0.6 is 11.6 Å². The Balaban J connectivity index is 1.67. The normalized spacial score (nSPS) is 24.0. The zero-order chi connectivity index (χ0) is 28.4. The number of nitrogens with zero attached hydrogens (tertiary/aromatic N) is 3. The maximum Gasteiger partial charge on any atom is 0.234 e. The Morgan fingerprint density at radius 3 is 2.60 bits per heavy atom. The molecule has 212 valence electrons. The highest BCUT2D eigenvalue weighted by Crippen LogP contribution is 2.43. The number of aliphatic hydroxyl groups is 1. The molecule has 1 fully saturated rings. The van der Waals surface area contributed by atoms with E-state index >= 15 is 0 Å². The molecule has 1 amide bonds. The number of benzene rings is 2. The van der Waals surface area contributed by atoms with Crippen molar-refractivity contribution in [3.63, 3.8) is 0 Å². The van der Waals surface area contributed by atoms with Gasteiger partial charge < -0.3 is 24.8 Å². The van der Waals surface area contributed by atoms with Crippen LogP contribution in [-0.4, -0.2) is 71.9 Å². The fraction of sp³-hybridized carbons (Fsp3) is 0.419. The van der Waals surface area contributed by atoms with E-state index in [4.69, 9.17) is 26.1 Å². The van der Waals surface area contributed by atoms with Gasteiger partial charge >= 0.3 is 0 Å². The van der Waals surface area contributed by atoms with Crippen molar-refractivity contribution >= 4 is 23.3 Å². The number of aryl methyl sites for hydroxylation is 1. The van der Waals surface area contributed by atoms with Crippen LogP contribution < -0.4 is 14.8 Å². The van der Waals surface area contributed by atoms with Crippen molar-refractivity contribution in [2.24, 2.45) is 10.9 Å². The molecule has 0 radical (unpaired) electrons. The molecule has 0 spiro atoms. The number of halogens is 1. The SMILES string of the molecule is COc1ccc(C2=NC(c3ccc(C)cc3)C(C3C=CC(Cl)=CC3)N2C(O)N2CCNC(=O)C2)c(OC(C)C)c1. The van der Waals surface area contributed by atoms with E-state index in [1.165, 1.54) is 0 Å². The number of aliphatic hydroxyl groups excluding tert-OH is 1. The number of carbonyl (C=O) groups excluding carboxylic acids is 1. The predicted octanol–water partition coefficient (Wildman–Crippen LogP) is 4.37. The Morgan fingerprint density at radius 1 is 1.18 bits per heavy atom. The monoisotopic (exact) mass is 564 g/mol. The van der Waals surface area contributed by atoms with Crippen LogP contribution in [0, 0.1) is 12.8 Å². The summed E-state index contributed by atoms with van der Waals surface area (Å²) in [6.07, 6.45) is 5.56. The highest BCUT2D eigenvalue weighted by atomic mass is 35.5. The van der Waals surface area contributed by atoms with Crippen LogP contribution in [0.1, 0.15) is 43.0 Å². The number of methoxy groups -OCH3 is 1. The summed E-state index contributed by atoms with van der Waals surface area (Å²) in [6, 6.07) is 13.5. The van der Waals surface area contributed by atoms with Gasteiger partial charge in [-0.2, -0.15) is 0 Å². The third kappa shape index (κ3) is 5.89. The Labute approximate surface area is 240 Å². The standard InChI is InChI=1S/C31H37ClN4O4/c1-19(2)40-26-17-24(39-4)13-14-25(26)30-34-28(21-7-5-20(3)6-8-21)29(22-9-11-23(32)12-10-22)36(30)31(38)35-16-15-33-27(37)18-35/h5-9,11-14,17,19,22,28-29,31,38H,10,15-16,18H2,1-4H3,(H,33,37). The van der Waals surface area contributed by atoms with Crippen molar-refractivity contribution in [2.75, 3.05) is 26.7 Å². The number of ether oxygens (including phenoxy) is 2.